The molecule has 8 heavy (non-hydrogen) atoms. The predicted octanol–water partition coefficient (Wildman–Crippen LogP) is 1.11. The molecule has 0 aromatic heterocycles. The molecule has 0 rings (SSSR count). The fourth-order valence-corrected chi connectivity index (χ4v) is 0.456. The number of rotatable bonds is 2. The van der Waals surface area contributed by atoms with E-state index in [9.17, 15) is 0 Å². The van der Waals surface area contributed by atoms with Crippen molar-refractivity contribution in [1.82, 2.24) is 4.90 Å². The van der Waals surface area contributed by atoms with Crippen molar-refractivity contribution in [3.8, 4) is 0 Å². The van der Waals surface area contributed by atoms with E-state index >= 15 is 0 Å². The summed E-state index contributed by atoms with van der Waals surface area (Å²) in [7, 11) is 3.69. The summed E-state index contributed by atoms with van der Waals surface area (Å²) >= 11 is 0. The van der Waals surface area contributed by atoms with Gasteiger partial charge in [0.15, 0.2) is 0 Å². The van der Waals surface area contributed by atoms with Gasteiger partial charge in [0.25, 0.3) is 0 Å². The summed E-state index contributed by atoms with van der Waals surface area (Å²) in [6.45, 7) is 1.97. The van der Waals surface area contributed by atoms with Gasteiger partial charge in [-0.1, -0.05) is 6.08 Å². The Bertz CT molecular complexity index is 82.7. The van der Waals surface area contributed by atoms with Crippen molar-refractivity contribution < 1.29 is 0 Å². The molecule has 0 unspecified atom stereocenters. The van der Waals surface area contributed by atoms with Crippen molar-refractivity contribution in [2.24, 2.45) is 4.99 Å². The van der Waals surface area contributed by atoms with Crippen LogP contribution in [0.3, 0.4) is 0 Å². The summed E-state index contributed by atoms with van der Waals surface area (Å²) in [4.78, 5) is 5.69. The van der Waals surface area contributed by atoms with E-state index in [1.54, 1.807) is 13.4 Å². The highest BCUT2D eigenvalue weighted by Crippen LogP contribution is 1.76. The molecule has 0 heterocycles. The van der Waals surface area contributed by atoms with E-state index in [2.05, 4.69) is 4.99 Å². The minimum atomic E-state index is 1.75. The van der Waals surface area contributed by atoms with Crippen molar-refractivity contribution in [3.05, 3.63) is 12.3 Å². The largest absolute Gasteiger partial charge is 0.343 e. The Labute approximate surface area is 50.5 Å². The lowest BCUT2D eigenvalue weighted by Gasteiger charge is -2.02. The van der Waals surface area contributed by atoms with Crippen LogP contribution in [-0.2, 0) is 0 Å². The first kappa shape index (κ1) is 7.21. The smallest absolute Gasteiger partial charge is 0.0883 e. The van der Waals surface area contributed by atoms with Gasteiger partial charge in [0.1, 0.15) is 0 Å². The number of allylic oxidation sites excluding steroid dienone is 1. The maximum absolute atomic E-state index is 3.80. The van der Waals surface area contributed by atoms with E-state index in [1.165, 1.54) is 0 Å². The van der Waals surface area contributed by atoms with E-state index in [0.717, 1.165) is 0 Å². The second-order valence-electron chi connectivity index (χ2n) is 1.52. The molecule has 0 saturated heterocycles. The van der Waals surface area contributed by atoms with Crippen LogP contribution >= 0.6 is 0 Å². The van der Waals surface area contributed by atoms with Gasteiger partial charge in [0.05, 0.1) is 6.34 Å². The van der Waals surface area contributed by atoms with Crippen LogP contribution in [0.15, 0.2) is 17.3 Å². The fraction of sp³-hybridized carbons (Fsp3) is 0.500. The van der Waals surface area contributed by atoms with Gasteiger partial charge in [-0.3, -0.25) is 4.99 Å². The van der Waals surface area contributed by atoms with Crippen molar-refractivity contribution in [2.75, 3.05) is 14.1 Å². The van der Waals surface area contributed by atoms with Gasteiger partial charge in [0.2, 0.25) is 0 Å². The van der Waals surface area contributed by atoms with Crippen molar-refractivity contribution in [1.29, 1.82) is 0 Å². The Hall–Kier alpha value is -0.790. The maximum atomic E-state index is 3.80. The second-order valence-corrected chi connectivity index (χ2v) is 1.52. The quantitative estimate of drug-likeness (QED) is 0.386. The van der Waals surface area contributed by atoms with Crippen LogP contribution in [0, 0.1) is 0 Å². The van der Waals surface area contributed by atoms with Crippen LogP contribution in [0.4, 0.5) is 0 Å². The third kappa shape index (κ3) is 3.40. The third-order valence-corrected chi connectivity index (χ3v) is 0.682. The molecule has 0 radical (unpaired) electrons. The van der Waals surface area contributed by atoms with Gasteiger partial charge in [-0.2, -0.15) is 0 Å². The summed E-state index contributed by atoms with van der Waals surface area (Å²) in [6.07, 6.45) is 5.65. The molecule has 0 aliphatic heterocycles. The zero-order valence-corrected chi connectivity index (χ0v) is 5.63. The van der Waals surface area contributed by atoms with Crippen LogP contribution < -0.4 is 0 Å². The van der Waals surface area contributed by atoms with E-state index in [4.69, 9.17) is 0 Å². The highest BCUT2D eigenvalue weighted by Gasteiger charge is 1.75. The van der Waals surface area contributed by atoms with E-state index in [0.29, 0.717) is 0 Å². The number of hydrogen-bond donors (Lipinski definition) is 0. The lowest BCUT2D eigenvalue weighted by molar-refractivity contribution is 0.707. The minimum absolute atomic E-state index is 1.75. The van der Waals surface area contributed by atoms with Gasteiger partial charge in [-0.15, -0.1) is 0 Å². The first-order valence-electron chi connectivity index (χ1n) is 2.58. The third-order valence-electron chi connectivity index (χ3n) is 0.682. The standard InChI is InChI=1S/C6H12N2/c1-4-5-8(3)6-7-2/h4-6H,1-3H3/b5-4-,7-6?. The van der Waals surface area contributed by atoms with Gasteiger partial charge in [-0.05, 0) is 6.92 Å². The summed E-state index contributed by atoms with van der Waals surface area (Å²) in [5.74, 6) is 0. The monoisotopic (exact) mass is 112 g/mol. The SMILES string of the molecule is C/C=C\N(C)C=NC. The van der Waals surface area contributed by atoms with Gasteiger partial charge in [-0.25, -0.2) is 0 Å². The summed E-state index contributed by atoms with van der Waals surface area (Å²) in [5.41, 5.74) is 0. The normalized spacial score (nSPS) is 11.4. The molecule has 46 valence electrons. The van der Waals surface area contributed by atoms with Crippen LogP contribution in [0.25, 0.3) is 0 Å². The molecule has 2 nitrogen and oxygen atoms in total. The van der Waals surface area contributed by atoms with Gasteiger partial charge >= 0.3 is 0 Å². The number of aliphatic imine (C=N–C) groups is 1. The predicted molar refractivity (Wildman–Crippen MR) is 37.0 cm³/mol. The Morgan fingerprint density at radius 1 is 1.50 bits per heavy atom. The van der Waals surface area contributed by atoms with Crippen LogP contribution in [-0.4, -0.2) is 25.3 Å². The van der Waals surface area contributed by atoms with Crippen LogP contribution in [0.5, 0.6) is 0 Å². The minimum Gasteiger partial charge on any atom is -0.343 e. The highest BCUT2D eigenvalue weighted by molar-refractivity contribution is 5.55. The fourth-order valence-electron chi connectivity index (χ4n) is 0.456. The topological polar surface area (TPSA) is 15.6 Å². The Morgan fingerprint density at radius 3 is 2.50 bits per heavy atom. The Kier molecular flexibility index (Phi) is 3.94. The zero-order chi connectivity index (χ0) is 6.41. The zero-order valence-electron chi connectivity index (χ0n) is 5.63. The second kappa shape index (κ2) is 4.37. The Balaban J connectivity index is 3.47. The lowest BCUT2D eigenvalue weighted by atomic mass is 10.7. The molecule has 0 saturated carbocycles. The Morgan fingerprint density at radius 2 is 2.12 bits per heavy atom. The molecule has 0 aliphatic carbocycles. The van der Waals surface area contributed by atoms with Crippen molar-refractivity contribution in [3.63, 3.8) is 0 Å². The van der Waals surface area contributed by atoms with E-state index in [1.807, 2.05) is 31.1 Å². The van der Waals surface area contributed by atoms with E-state index in [-0.39, 0.29) is 0 Å². The summed E-state index contributed by atoms with van der Waals surface area (Å²) < 4.78 is 0. The number of nitrogens with zero attached hydrogens (tertiary/aromatic N) is 2. The molecule has 0 fully saturated rings. The van der Waals surface area contributed by atoms with Crippen molar-refractivity contribution >= 4 is 6.34 Å². The van der Waals surface area contributed by atoms with Crippen LogP contribution in [0.2, 0.25) is 0 Å². The molecule has 2 heteroatoms. The number of hydrogen-bond acceptors (Lipinski definition) is 1. The first-order chi connectivity index (χ1) is 3.81. The molecular weight excluding hydrogens is 100 g/mol. The molecule has 0 atom stereocenters. The highest BCUT2D eigenvalue weighted by atomic mass is 15.1. The average Bonchev–Trinajstić information content (AvgIpc) is 1.68. The molecular formula is C6H12N2. The molecule has 0 aromatic carbocycles. The summed E-state index contributed by atoms with van der Waals surface area (Å²) in [5, 5.41) is 0. The van der Waals surface area contributed by atoms with E-state index < -0.39 is 0 Å². The first-order valence-corrected chi connectivity index (χ1v) is 2.58. The molecule has 0 spiro atoms. The van der Waals surface area contributed by atoms with Crippen LogP contribution in [0.1, 0.15) is 6.92 Å². The van der Waals surface area contributed by atoms with Gasteiger partial charge < -0.3 is 4.90 Å². The average molecular weight is 112 g/mol. The molecule has 0 N–H and O–H groups in total. The van der Waals surface area contributed by atoms with Gasteiger partial charge in [0, 0.05) is 20.3 Å². The summed E-state index contributed by atoms with van der Waals surface area (Å²) in [6, 6.07) is 0. The maximum Gasteiger partial charge on any atom is 0.0883 e. The molecule has 0 aliphatic rings. The van der Waals surface area contributed by atoms with Crippen molar-refractivity contribution in [2.45, 2.75) is 6.92 Å². The lowest BCUT2D eigenvalue weighted by Crippen LogP contribution is -2.05. The molecule has 0 amide bonds. The molecule has 0 aromatic rings. The molecule has 0 bridgehead atoms.